The van der Waals surface area contributed by atoms with Gasteiger partial charge in [-0.25, -0.2) is 0 Å². The van der Waals surface area contributed by atoms with Crippen molar-refractivity contribution in [2.75, 3.05) is 18.6 Å². The van der Waals surface area contributed by atoms with E-state index in [0.717, 1.165) is 19.0 Å². The predicted molar refractivity (Wildman–Crippen MR) is 84.4 cm³/mol. The molecule has 0 radical (unpaired) electrons. The van der Waals surface area contributed by atoms with Gasteiger partial charge in [-0.05, 0) is 41.0 Å². The summed E-state index contributed by atoms with van der Waals surface area (Å²) in [5.74, 6) is 1.98. The van der Waals surface area contributed by atoms with Gasteiger partial charge >= 0.3 is 0 Å². The Kier molecular flexibility index (Phi) is 6.24. The molecule has 0 bridgehead atoms. The Balaban J connectivity index is 2.40. The van der Waals surface area contributed by atoms with Crippen LogP contribution in [0, 0.1) is 5.92 Å². The summed E-state index contributed by atoms with van der Waals surface area (Å²) in [4.78, 5) is 0. The lowest BCUT2D eigenvalue weighted by Crippen LogP contribution is -2.22. The van der Waals surface area contributed by atoms with Crippen LogP contribution < -0.4 is 5.32 Å². The van der Waals surface area contributed by atoms with Crippen LogP contribution in [0.3, 0.4) is 0 Å². The van der Waals surface area contributed by atoms with Crippen LogP contribution in [-0.2, 0) is 12.0 Å². The molecular formula is C16H27NS. The average Bonchev–Trinajstić information content (AvgIpc) is 2.29. The van der Waals surface area contributed by atoms with Crippen LogP contribution in [0.15, 0.2) is 24.3 Å². The van der Waals surface area contributed by atoms with Gasteiger partial charge in [0.2, 0.25) is 0 Å². The molecule has 0 spiro atoms. The summed E-state index contributed by atoms with van der Waals surface area (Å²) >= 11 is 1.92. The van der Waals surface area contributed by atoms with Gasteiger partial charge < -0.3 is 5.32 Å². The lowest BCUT2D eigenvalue weighted by molar-refractivity contribution is 0.558. The number of hydrogen-bond donors (Lipinski definition) is 1. The third kappa shape index (κ3) is 5.45. The van der Waals surface area contributed by atoms with Crippen molar-refractivity contribution in [3.8, 4) is 0 Å². The highest BCUT2D eigenvalue weighted by atomic mass is 32.2. The summed E-state index contributed by atoms with van der Waals surface area (Å²) in [7, 11) is 0. The lowest BCUT2D eigenvalue weighted by Gasteiger charge is -2.19. The lowest BCUT2D eigenvalue weighted by atomic mass is 9.87. The van der Waals surface area contributed by atoms with Gasteiger partial charge in [0.1, 0.15) is 0 Å². The average molecular weight is 265 g/mol. The molecule has 18 heavy (non-hydrogen) atoms. The zero-order valence-electron chi connectivity index (χ0n) is 12.4. The number of rotatable bonds is 6. The van der Waals surface area contributed by atoms with Gasteiger partial charge in [0.25, 0.3) is 0 Å². The molecule has 0 saturated carbocycles. The quantitative estimate of drug-likeness (QED) is 0.832. The Morgan fingerprint density at radius 3 is 2.28 bits per heavy atom. The highest BCUT2D eigenvalue weighted by Crippen LogP contribution is 2.22. The Morgan fingerprint density at radius 2 is 1.78 bits per heavy atom. The summed E-state index contributed by atoms with van der Waals surface area (Å²) < 4.78 is 0. The molecule has 0 aliphatic carbocycles. The fourth-order valence-corrected chi connectivity index (χ4v) is 2.62. The van der Waals surface area contributed by atoms with E-state index in [9.17, 15) is 0 Å². The standard InChI is InChI=1S/C16H27NS/c1-13(12-18-5)10-17-11-14-6-8-15(9-7-14)16(2,3)4/h6-9,13,17H,10-12H2,1-5H3. The topological polar surface area (TPSA) is 12.0 Å². The molecule has 102 valence electrons. The van der Waals surface area contributed by atoms with Gasteiger partial charge in [-0.2, -0.15) is 11.8 Å². The van der Waals surface area contributed by atoms with Crippen LogP contribution in [0.4, 0.5) is 0 Å². The minimum Gasteiger partial charge on any atom is -0.312 e. The largest absolute Gasteiger partial charge is 0.312 e. The van der Waals surface area contributed by atoms with Gasteiger partial charge in [0, 0.05) is 6.54 Å². The van der Waals surface area contributed by atoms with Gasteiger partial charge in [0.05, 0.1) is 0 Å². The van der Waals surface area contributed by atoms with E-state index >= 15 is 0 Å². The molecule has 1 aromatic rings. The zero-order chi connectivity index (χ0) is 13.6. The molecule has 0 amide bonds. The van der Waals surface area contributed by atoms with Crippen molar-refractivity contribution >= 4 is 11.8 Å². The van der Waals surface area contributed by atoms with E-state index in [1.165, 1.54) is 16.9 Å². The molecule has 0 aliphatic heterocycles. The first-order chi connectivity index (χ1) is 8.43. The first kappa shape index (κ1) is 15.6. The van der Waals surface area contributed by atoms with Crippen molar-refractivity contribution in [2.45, 2.75) is 39.7 Å². The van der Waals surface area contributed by atoms with Crippen LogP contribution >= 0.6 is 11.8 Å². The summed E-state index contributed by atoms with van der Waals surface area (Å²) in [5.41, 5.74) is 3.03. The smallest absolute Gasteiger partial charge is 0.0205 e. The van der Waals surface area contributed by atoms with Crippen molar-refractivity contribution < 1.29 is 0 Å². The van der Waals surface area contributed by atoms with E-state index in [0.29, 0.717) is 0 Å². The molecule has 1 N–H and O–H groups in total. The van der Waals surface area contributed by atoms with Crippen molar-refractivity contribution in [2.24, 2.45) is 5.92 Å². The van der Waals surface area contributed by atoms with E-state index in [-0.39, 0.29) is 5.41 Å². The molecule has 0 aliphatic rings. The highest BCUT2D eigenvalue weighted by molar-refractivity contribution is 7.98. The minimum absolute atomic E-state index is 0.249. The maximum Gasteiger partial charge on any atom is 0.0205 e. The van der Waals surface area contributed by atoms with E-state index in [2.05, 4.69) is 63.5 Å². The summed E-state index contributed by atoms with van der Waals surface area (Å²) in [6.07, 6.45) is 2.17. The Hall–Kier alpha value is -0.470. The highest BCUT2D eigenvalue weighted by Gasteiger charge is 2.12. The molecule has 2 heteroatoms. The van der Waals surface area contributed by atoms with E-state index < -0.39 is 0 Å². The molecule has 1 unspecified atom stereocenters. The van der Waals surface area contributed by atoms with Crippen LogP contribution in [0.5, 0.6) is 0 Å². The zero-order valence-corrected chi connectivity index (χ0v) is 13.2. The second-order valence-corrected chi connectivity index (χ2v) is 7.05. The van der Waals surface area contributed by atoms with Crippen LogP contribution in [-0.4, -0.2) is 18.6 Å². The van der Waals surface area contributed by atoms with Crippen molar-refractivity contribution in [3.63, 3.8) is 0 Å². The third-order valence-corrected chi connectivity index (χ3v) is 4.00. The van der Waals surface area contributed by atoms with Gasteiger partial charge in [-0.15, -0.1) is 0 Å². The van der Waals surface area contributed by atoms with Crippen molar-refractivity contribution in [1.82, 2.24) is 5.32 Å². The third-order valence-electron chi connectivity index (χ3n) is 3.09. The SMILES string of the molecule is CSCC(C)CNCc1ccc(C(C)(C)C)cc1. The molecule has 1 aromatic carbocycles. The molecule has 1 rings (SSSR count). The molecule has 0 aromatic heterocycles. The van der Waals surface area contributed by atoms with Gasteiger partial charge in [-0.1, -0.05) is 52.0 Å². The second kappa shape index (κ2) is 7.20. The Bertz CT molecular complexity index is 337. The molecule has 1 atom stereocenters. The number of benzene rings is 1. The molecule has 0 fully saturated rings. The fourth-order valence-electron chi connectivity index (χ4n) is 1.93. The van der Waals surface area contributed by atoms with Crippen LogP contribution in [0.2, 0.25) is 0 Å². The van der Waals surface area contributed by atoms with Crippen LogP contribution in [0.1, 0.15) is 38.8 Å². The van der Waals surface area contributed by atoms with Crippen LogP contribution in [0.25, 0.3) is 0 Å². The first-order valence-electron chi connectivity index (χ1n) is 6.72. The fraction of sp³-hybridized carbons (Fsp3) is 0.625. The van der Waals surface area contributed by atoms with Crippen molar-refractivity contribution in [1.29, 1.82) is 0 Å². The maximum atomic E-state index is 3.53. The minimum atomic E-state index is 0.249. The number of thioether (sulfide) groups is 1. The van der Waals surface area contributed by atoms with E-state index in [4.69, 9.17) is 0 Å². The monoisotopic (exact) mass is 265 g/mol. The maximum absolute atomic E-state index is 3.53. The van der Waals surface area contributed by atoms with E-state index in [1.54, 1.807) is 0 Å². The second-order valence-electron chi connectivity index (χ2n) is 6.14. The predicted octanol–water partition coefficient (Wildman–Crippen LogP) is 4.07. The Labute approximate surface area is 117 Å². The van der Waals surface area contributed by atoms with E-state index in [1.807, 2.05) is 11.8 Å². The Morgan fingerprint density at radius 1 is 1.17 bits per heavy atom. The van der Waals surface area contributed by atoms with Gasteiger partial charge in [-0.3, -0.25) is 0 Å². The van der Waals surface area contributed by atoms with Gasteiger partial charge in [0.15, 0.2) is 0 Å². The number of hydrogen-bond acceptors (Lipinski definition) is 2. The molecule has 0 saturated heterocycles. The summed E-state index contributed by atoms with van der Waals surface area (Å²) in [5, 5.41) is 3.53. The summed E-state index contributed by atoms with van der Waals surface area (Å²) in [6.45, 7) is 11.1. The normalized spacial score (nSPS) is 13.6. The number of nitrogens with one attached hydrogen (secondary N) is 1. The molecule has 1 nitrogen and oxygen atoms in total. The first-order valence-corrected chi connectivity index (χ1v) is 8.12. The molecular weight excluding hydrogens is 238 g/mol. The molecule has 0 heterocycles. The summed E-state index contributed by atoms with van der Waals surface area (Å²) in [6, 6.07) is 8.99. The van der Waals surface area contributed by atoms with Crippen molar-refractivity contribution in [3.05, 3.63) is 35.4 Å².